The minimum Gasteiger partial charge on any atom is -0.444 e. The van der Waals surface area contributed by atoms with Crippen molar-refractivity contribution in [2.75, 3.05) is 19.8 Å². The average Bonchev–Trinajstić information content (AvgIpc) is 2.43. The van der Waals surface area contributed by atoms with Crippen molar-refractivity contribution in [2.24, 2.45) is 0 Å². The van der Waals surface area contributed by atoms with Gasteiger partial charge in [-0.1, -0.05) is 4.52 Å². The van der Waals surface area contributed by atoms with Crippen LogP contribution in [0.15, 0.2) is 0 Å². The summed E-state index contributed by atoms with van der Waals surface area (Å²) in [5.41, 5.74) is -0.732. The van der Waals surface area contributed by atoms with Gasteiger partial charge in [0.15, 0.2) is 12.0 Å². The molecule has 140 valence electrons. The Kier molecular flexibility index (Phi) is 10.1. The number of hydrogen-bond donors (Lipinski definition) is 1. The van der Waals surface area contributed by atoms with Gasteiger partial charge in [0.05, 0.1) is 13.0 Å². The van der Waals surface area contributed by atoms with Crippen LogP contribution in [0.5, 0.6) is 0 Å². The van der Waals surface area contributed by atoms with Crippen molar-refractivity contribution in [3.63, 3.8) is 0 Å². The maximum absolute atomic E-state index is 14.2. The lowest BCUT2D eigenvalue weighted by Crippen LogP contribution is -2.44. The number of nitrogens with one attached hydrogen (secondary N) is 1. The first-order chi connectivity index (χ1) is 11.1. The fraction of sp³-hybridized carbons (Fsp3) is 0.857. The number of alkyl halides is 1. The Hall–Kier alpha value is -1.15. The maximum atomic E-state index is 14.2. The van der Waals surface area contributed by atoms with Crippen LogP contribution in [0.4, 0.5) is 9.18 Å². The summed E-state index contributed by atoms with van der Waals surface area (Å²) in [6.45, 7) is 7.84. The van der Waals surface area contributed by atoms with E-state index < -0.39 is 51.3 Å². The zero-order valence-corrected chi connectivity index (χ0v) is 15.6. The van der Waals surface area contributed by atoms with E-state index in [4.69, 9.17) is 18.7 Å². The van der Waals surface area contributed by atoms with Gasteiger partial charge in [-0.3, -0.25) is 4.79 Å². The quantitative estimate of drug-likeness (QED) is 0.440. The minimum atomic E-state index is -2.05. The van der Waals surface area contributed by atoms with E-state index >= 15 is 0 Å². The van der Waals surface area contributed by atoms with E-state index in [0.29, 0.717) is 0 Å². The van der Waals surface area contributed by atoms with Crippen LogP contribution in [-0.4, -0.2) is 49.4 Å². The average molecular weight is 370 g/mol. The van der Waals surface area contributed by atoms with Crippen LogP contribution in [0.25, 0.3) is 0 Å². The highest BCUT2D eigenvalue weighted by molar-refractivity contribution is 7.17. The lowest BCUT2D eigenvalue weighted by Gasteiger charge is -2.27. The summed E-state index contributed by atoms with van der Waals surface area (Å²) in [5, 5.41) is 2.17. The monoisotopic (exact) mass is 370 g/mol. The van der Waals surface area contributed by atoms with Gasteiger partial charge in [-0.15, -0.1) is 0 Å². The summed E-state index contributed by atoms with van der Waals surface area (Å²) < 4.78 is 45.1. The maximum Gasteiger partial charge on any atom is 0.499 e. The summed E-state index contributed by atoms with van der Waals surface area (Å²) >= 11 is 0. The van der Waals surface area contributed by atoms with Gasteiger partial charge in [-0.25, -0.2) is 9.18 Å². The fourth-order valence-corrected chi connectivity index (χ4v) is 2.01. The van der Waals surface area contributed by atoms with Gasteiger partial charge in [0.2, 0.25) is 0 Å². The molecule has 0 aliphatic rings. The Morgan fingerprint density at radius 3 is 2.12 bits per heavy atom. The number of alkyl carbamates (subject to hydrolysis) is 1. The Balaban J connectivity index is 4.68. The molecule has 0 saturated heterocycles. The molecule has 0 aromatic carbocycles. The lowest BCUT2D eigenvalue weighted by atomic mass is 10.1. The number of hydrogen-bond acceptors (Lipinski definition) is 7. The summed E-state index contributed by atoms with van der Waals surface area (Å²) in [6, 6.07) is 0. The number of ketones is 1. The van der Waals surface area contributed by atoms with Crippen LogP contribution in [0.2, 0.25) is 0 Å². The molecule has 2 atom stereocenters. The molecule has 0 aliphatic carbocycles. The molecular formula is C14H26FNO7P+. The van der Waals surface area contributed by atoms with Gasteiger partial charge < -0.3 is 19.5 Å². The third-order valence-corrected chi connectivity index (χ3v) is 2.90. The molecule has 2 unspecified atom stereocenters. The van der Waals surface area contributed by atoms with Gasteiger partial charge in [-0.2, -0.15) is 0 Å². The first kappa shape index (κ1) is 22.9. The molecular weight excluding hydrogens is 344 g/mol. The van der Waals surface area contributed by atoms with Gasteiger partial charge in [0.1, 0.15) is 5.60 Å². The molecule has 0 spiro atoms. The Morgan fingerprint density at radius 2 is 1.71 bits per heavy atom. The van der Waals surface area contributed by atoms with Crippen molar-refractivity contribution in [1.82, 2.24) is 5.32 Å². The third-order valence-electron chi connectivity index (χ3n) is 2.51. The number of carbonyl (C=O) groups excluding carboxylic acids is 2. The third kappa shape index (κ3) is 9.22. The van der Waals surface area contributed by atoms with E-state index in [9.17, 15) is 18.5 Å². The fourth-order valence-electron chi connectivity index (χ4n) is 1.68. The second-order valence-electron chi connectivity index (χ2n) is 5.73. The first-order valence-corrected chi connectivity index (χ1v) is 8.37. The van der Waals surface area contributed by atoms with Gasteiger partial charge in [-0.05, 0) is 39.2 Å². The number of amides is 1. The summed E-state index contributed by atoms with van der Waals surface area (Å²) in [4.78, 5) is 23.3. The molecule has 0 aromatic heterocycles. The number of halogens is 1. The standard InChI is InChI=1S/C14H25FNO7P/c1-6-20-14(21-7-2,23-24-19)8-10(15)11(17)9-16-12(18)22-13(3,4)5/h10,24H,6-9H2,1-5H3/p+1. The highest BCUT2D eigenvalue weighted by atomic mass is 31.1. The van der Waals surface area contributed by atoms with Crippen molar-refractivity contribution in [3.05, 3.63) is 0 Å². The van der Waals surface area contributed by atoms with Gasteiger partial charge in [0.25, 0.3) is 0 Å². The molecule has 1 amide bonds. The van der Waals surface area contributed by atoms with Crippen molar-refractivity contribution in [3.8, 4) is 0 Å². The molecule has 8 nitrogen and oxygen atoms in total. The highest BCUT2D eigenvalue weighted by Crippen LogP contribution is 2.28. The molecule has 0 radical (unpaired) electrons. The highest BCUT2D eigenvalue weighted by Gasteiger charge is 2.42. The van der Waals surface area contributed by atoms with Crippen LogP contribution >= 0.6 is 8.69 Å². The van der Waals surface area contributed by atoms with E-state index in [-0.39, 0.29) is 13.2 Å². The van der Waals surface area contributed by atoms with Crippen molar-refractivity contribution in [1.29, 1.82) is 0 Å². The first-order valence-electron chi connectivity index (χ1n) is 7.55. The van der Waals surface area contributed by atoms with Crippen molar-refractivity contribution in [2.45, 2.75) is 58.8 Å². The molecule has 0 bridgehead atoms. The number of carbonyl (C=O) groups is 2. The Bertz CT molecular complexity index is 422. The molecule has 24 heavy (non-hydrogen) atoms. The smallest absolute Gasteiger partial charge is 0.444 e. The Labute approximate surface area is 142 Å². The van der Waals surface area contributed by atoms with E-state index in [1.807, 2.05) is 0 Å². The summed E-state index contributed by atoms with van der Waals surface area (Å²) in [7, 11) is -1.26. The normalized spacial score (nSPS) is 13.6. The molecule has 0 heterocycles. The number of rotatable bonds is 11. The zero-order valence-electron chi connectivity index (χ0n) is 14.6. The number of ether oxygens (including phenoxy) is 3. The van der Waals surface area contributed by atoms with Crippen LogP contribution in [-0.2, 0) is 28.1 Å². The molecule has 0 fully saturated rings. The topological polar surface area (TPSA) is 100 Å². The van der Waals surface area contributed by atoms with Crippen LogP contribution in [0.3, 0.4) is 0 Å². The molecule has 10 heteroatoms. The minimum absolute atomic E-state index is 0.0988. The van der Waals surface area contributed by atoms with Gasteiger partial charge in [0, 0.05) is 13.2 Å². The molecule has 0 aromatic rings. The molecule has 1 N–H and O–H groups in total. The molecule has 0 aliphatic heterocycles. The largest absolute Gasteiger partial charge is 0.499 e. The van der Waals surface area contributed by atoms with Crippen molar-refractivity contribution < 1.29 is 37.3 Å². The zero-order chi connectivity index (χ0) is 18.8. The predicted molar refractivity (Wildman–Crippen MR) is 84.8 cm³/mol. The van der Waals surface area contributed by atoms with E-state index in [1.54, 1.807) is 34.6 Å². The van der Waals surface area contributed by atoms with E-state index in [1.165, 1.54) is 0 Å². The van der Waals surface area contributed by atoms with Crippen LogP contribution in [0.1, 0.15) is 41.0 Å². The SMILES string of the molecule is CCOC(CC(F)C(=O)CNC(=O)OC(C)(C)C)(OCC)O[PH+]=O. The summed E-state index contributed by atoms with van der Waals surface area (Å²) in [6.07, 6.45) is -3.49. The second-order valence-corrected chi connectivity index (χ2v) is 6.10. The van der Waals surface area contributed by atoms with Crippen molar-refractivity contribution >= 4 is 20.6 Å². The van der Waals surface area contributed by atoms with E-state index in [2.05, 4.69) is 5.32 Å². The van der Waals surface area contributed by atoms with Crippen LogP contribution in [0, 0.1) is 0 Å². The van der Waals surface area contributed by atoms with Gasteiger partial charge >= 0.3 is 20.8 Å². The number of Topliss-reactive ketones (excluding diaryl/α,β-unsaturated/α-hetero) is 1. The second kappa shape index (κ2) is 10.7. The lowest BCUT2D eigenvalue weighted by molar-refractivity contribution is -0.344. The molecule has 0 rings (SSSR count). The van der Waals surface area contributed by atoms with Crippen LogP contribution < -0.4 is 5.32 Å². The Morgan fingerprint density at radius 1 is 1.17 bits per heavy atom. The predicted octanol–water partition coefficient (Wildman–Crippen LogP) is 2.49. The molecule has 0 saturated carbocycles. The van der Waals surface area contributed by atoms with E-state index in [0.717, 1.165) is 0 Å². The summed E-state index contributed by atoms with van der Waals surface area (Å²) in [5.74, 6) is -2.83.